The lowest BCUT2D eigenvalue weighted by Gasteiger charge is -2.23. The summed E-state index contributed by atoms with van der Waals surface area (Å²) >= 11 is 0. The van der Waals surface area contributed by atoms with E-state index in [1.807, 2.05) is 11.6 Å². The van der Waals surface area contributed by atoms with E-state index in [0.29, 0.717) is 19.3 Å². The fourth-order valence-corrected chi connectivity index (χ4v) is 3.90. The molecule has 0 radical (unpaired) electrons. The summed E-state index contributed by atoms with van der Waals surface area (Å²) in [5.74, 6) is -0.404. The number of aryl methyl sites for hydroxylation is 1. The Kier molecular flexibility index (Phi) is 3.93. The van der Waals surface area contributed by atoms with Crippen molar-refractivity contribution in [3.05, 3.63) is 17.5 Å². The average molecular weight is 286 g/mol. The van der Waals surface area contributed by atoms with Gasteiger partial charge in [0.15, 0.2) is 0 Å². The van der Waals surface area contributed by atoms with Crippen LogP contribution in [0.15, 0.2) is 6.20 Å². The van der Waals surface area contributed by atoms with Gasteiger partial charge in [0.25, 0.3) is 0 Å². The second-order valence-corrected chi connectivity index (χ2v) is 7.28. The molecule has 1 aliphatic rings. The summed E-state index contributed by atoms with van der Waals surface area (Å²) in [4.78, 5) is 10.6. The summed E-state index contributed by atoms with van der Waals surface area (Å²) in [6.45, 7) is 1.91. The van der Waals surface area contributed by atoms with E-state index in [2.05, 4.69) is 5.10 Å². The molecule has 0 amide bonds. The maximum Gasteiger partial charge on any atom is 0.303 e. The number of rotatable bonds is 4. The highest BCUT2D eigenvalue weighted by Crippen LogP contribution is 2.25. The molecule has 1 fully saturated rings. The SMILES string of the molecule is Cc1c(CCC(=O)O)cnn1C1CCS(=O)(=O)CC1. The van der Waals surface area contributed by atoms with Crippen molar-refractivity contribution in [1.82, 2.24) is 9.78 Å². The Labute approximate surface area is 112 Å². The predicted octanol–water partition coefficient (Wildman–Crippen LogP) is 0.958. The molecule has 0 atom stereocenters. The van der Waals surface area contributed by atoms with Gasteiger partial charge < -0.3 is 5.11 Å². The molecule has 1 saturated heterocycles. The van der Waals surface area contributed by atoms with Gasteiger partial charge in [-0.25, -0.2) is 8.42 Å². The van der Waals surface area contributed by atoms with Gasteiger partial charge in [-0.2, -0.15) is 5.10 Å². The number of aromatic nitrogens is 2. The largest absolute Gasteiger partial charge is 0.481 e. The first kappa shape index (κ1) is 14.0. The zero-order valence-corrected chi connectivity index (χ0v) is 11.7. The van der Waals surface area contributed by atoms with Crippen LogP contribution in [0.3, 0.4) is 0 Å². The molecule has 1 aromatic rings. The number of carboxylic acid groups (broad SMARTS) is 1. The first-order valence-electron chi connectivity index (χ1n) is 6.34. The second-order valence-electron chi connectivity index (χ2n) is 4.98. The summed E-state index contributed by atoms with van der Waals surface area (Å²) in [5, 5.41) is 13.0. The lowest BCUT2D eigenvalue weighted by atomic mass is 10.1. The van der Waals surface area contributed by atoms with Crippen LogP contribution in [0.4, 0.5) is 0 Å². The number of carboxylic acids is 1. The van der Waals surface area contributed by atoms with E-state index in [0.717, 1.165) is 11.3 Å². The molecule has 19 heavy (non-hydrogen) atoms. The minimum atomic E-state index is -2.87. The van der Waals surface area contributed by atoms with E-state index in [1.165, 1.54) is 0 Å². The molecule has 6 nitrogen and oxygen atoms in total. The minimum Gasteiger partial charge on any atom is -0.481 e. The topological polar surface area (TPSA) is 89.3 Å². The first-order chi connectivity index (χ1) is 8.89. The third-order valence-electron chi connectivity index (χ3n) is 3.62. The van der Waals surface area contributed by atoms with Crippen molar-refractivity contribution in [3.63, 3.8) is 0 Å². The molecule has 0 aliphatic carbocycles. The maximum absolute atomic E-state index is 11.4. The molecular formula is C12H18N2O4S. The molecule has 0 saturated carbocycles. The second kappa shape index (κ2) is 5.32. The van der Waals surface area contributed by atoms with Crippen molar-refractivity contribution in [3.8, 4) is 0 Å². The standard InChI is InChI=1S/C12H18N2O4S/c1-9-10(2-3-12(15)16)8-13-14(9)11-4-6-19(17,18)7-5-11/h8,11H,2-7H2,1H3,(H,15,16). The first-order valence-corrected chi connectivity index (χ1v) is 8.16. The Morgan fingerprint density at radius 3 is 2.68 bits per heavy atom. The molecule has 0 aromatic carbocycles. The fourth-order valence-electron chi connectivity index (χ4n) is 2.44. The number of sulfone groups is 1. The van der Waals surface area contributed by atoms with Gasteiger partial charge >= 0.3 is 5.97 Å². The van der Waals surface area contributed by atoms with Crippen molar-refractivity contribution < 1.29 is 18.3 Å². The molecule has 0 spiro atoms. The number of hydrogen-bond acceptors (Lipinski definition) is 4. The van der Waals surface area contributed by atoms with Crippen molar-refractivity contribution in [1.29, 1.82) is 0 Å². The van der Waals surface area contributed by atoms with Crippen LogP contribution in [-0.2, 0) is 21.1 Å². The Bertz CT molecular complexity index is 563. The Morgan fingerprint density at radius 1 is 1.47 bits per heavy atom. The molecule has 1 N–H and O–H groups in total. The van der Waals surface area contributed by atoms with E-state index < -0.39 is 15.8 Å². The van der Waals surface area contributed by atoms with Gasteiger partial charge in [0, 0.05) is 12.1 Å². The van der Waals surface area contributed by atoms with Gasteiger partial charge in [-0.1, -0.05) is 0 Å². The van der Waals surface area contributed by atoms with Crippen LogP contribution >= 0.6 is 0 Å². The third kappa shape index (κ3) is 3.34. The van der Waals surface area contributed by atoms with Gasteiger partial charge in [-0.05, 0) is 31.7 Å². The number of hydrogen-bond donors (Lipinski definition) is 1. The molecule has 0 unspecified atom stereocenters. The van der Waals surface area contributed by atoms with Crippen LogP contribution in [0.1, 0.15) is 36.6 Å². The molecule has 0 bridgehead atoms. The van der Waals surface area contributed by atoms with E-state index in [4.69, 9.17) is 5.11 Å². The summed E-state index contributed by atoms with van der Waals surface area (Å²) in [5.41, 5.74) is 1.88. The molecule has 2 rings (SSSR count). The van der Waals surface area contributed by atoms with Gasteiger partial charge in [0.2, 0.25) is 0 Å². The Morgan fingerprint density at radius 2 is 2.11 bits per heavy atom. The number of nitrogens with zero attached hydrogens (tertiary/aromatic N) is 2. The Hall–Kier alpha value is -1.37. The molecule has 2 heterocycles. The lowest BCUT2D eigenvalue weighted by Crippen LogP contribution is -2.26. The van der Waals surface area contributed by atoms with Gasteiger partial charge in [0.05, 0.1) is 23.7 Å². The molecule has 7 heteroatoms. The van der Waals surface area contributed by atoms with E-state index >= 15 is 0 Å². The van der Waals surface area contributed by atoms with E-state index in [-0.39, 0.29) is 24.0 Å². The zero-order valence-electron chi connectivity index (χ0n) is 10.9. The predicted molar refractivity (Wildman–Crippen MR) is 69.8 cm³/mol. The van der Waals surface area contributed by atoms with Crippen molar-refractivity contribution >= 4 is 15.8 Å². The summed E-state index contributed by atoms with van der Waals surface area (Å²) in [7, 11) is -2.87. The van der Waals surface area contributed by atoms with Crippen LogP contribution in [0, 0.1) is 6.92 Å². The lowest BCUT2D eigenvalue weighted by molar-refractivity contribution is -0.136. The zero-order chi connectivity index (χ0) is 14.0. The molecule has 1 aliphatic heterocycles. The molecule has 1 aromatic heterocycles. The summed E-state index contributed by atoms with van der Waals surface area (Å²) in [6, 6.07) is 0.113. The van der Waals surface area contributed by atoms with Gasteiger partial charge in [-0.15, -0.1) is 0 Å². The van der Waals surface area contributed by atoms with Crippen LogP contribution < -0.4 is 0 Å². The quantitative estimate of drug-likeness (QED) is 0.890. The molecular weight excluding hydrogens is 268 g/mol. The minimum absolute atomic E-state index is 0.0889. The third-order valence-corrected chi connectivity index (χ3v) is 5.34. The van der Waals surface area contributed by atoms with Crippen molar-refractivity contribution in [2.24, 2.45) is 0 Å². The van der Waals surface area contributed by atoms with Crippen LogP contribution in [0.2, 0.25) is 0 Å². The maximum atomic E-state index is 11.4. The highest BCUT2D eigenvalue weighted by atomic mass is 32.2. The van der Waals surface area contributed by atoms with Crippen LogP contribution in [-0.4, -0.2) is 40.8 Å². The smallest absolute Gasteiger partial charge is 0.303 e. The van der Waals surface area contributed by atoms with Crippen LogP contribution in [0.25, 0.3) is 0 Å². The summed E-state index contributed by atoms with van der Waals surface area (Å²) in [6.07, 6.45) is 3.42. The highest BCUT2D eigenvalue weighted by molar-refractivity contribution is 7.91. The monoisotopic (exact) mass is 286 g/mol. The van der Waals surface area contributed by atoms with E-state index in [1.54, 1.807) is 6.20 Å². The van der Waals surface area contributed by atoms with Gasteiger partial charge in [0.1, 0.15) is 9.84 Å². The summed E-state index contributed by atoms with van der Waals surface area (Å²) < 4.78 is 24.7. The number of aliphatic carboxylic acids is 1. The van der Waals surface area contributed by atoms with Gasteiger partial charge in [-0.3, -0.25) is 9.48 Å². The van der Waals surface area contributed by atoms with Crippen molar-refractivity contribution in [2.45, 2.75) is 38.6 Å². The fraction of sp³-hybridized carbons (Fsp3) is 0.667. The average Bonchev–Trinajstić information content (AvgIpc) is 2.68. The van der Waals surface area contributed by atoms with Crippen molar-refractivity contribution in [2.75, 3.05) is 11.5 Å². The number of carbonyl (C=O) groups is 1. The molecule has 106 valence electrons. The highest BCUT2D eigenvalue weighted by Gasteiger charge is 2.26. The van der Waals surface area contributed by atoms with E-state index in [9.17, 15) is 13.2 Å². The van der Waals surface area contributed by atoms with Crippen LogP contribution in [0.5, 0.6) is 0 Å². The Balaban J connectivity index is 2.08. The normalized spacial score (nSPS) is 19.4.